The number of carboxylic acid groups (broad SMARTS) is 1. The van der Waals surface area contributed by atoms with Crippen molar-refractivity contribution in [1.82, 2.24) is 4.90 Å². The van der Waals surface area contributed by atoms with E-state index >= 15 is 0 Å². The van der Waals surface area contributed by atoms with Crippen LogP contribution in [0.4, 0.5) is 0 Å². The van der Waals surface area contributed by atoms with E-state index in [1.54, 1.807) is 12.1 Å². The second-order valence-electron chi connectivity index (χ2n) is 4.88. The number of aliphatic carboxylic acids is 1. The van der Waals surface area contributed by atoms with Crippen LogP contribution in [0.15, 0.2) is 24.3 Å². The van der Waals surface area contributed by atoms with Crippen LogP contribution >= 0.6 is 0 Å². The van der Waals surface area contributed by atoms with Gasteiger partial charge in [0.1, 0.15) is 6.54 Å². The molecule has 1 N–H and O–H groups in total. The SMILES string of the molecule is COCCN(CC(=O)O)C(=O)c1ccc(CS(C)(=O)=O)cc1. The number of carbonyl (C=O) groups excluding carboxylic acids is 1. The van der Waals surface area contributed by atoms with Crippen LogP contribution in [0.25, 0.3) is 0 Å². The number of carbonyl (C=O) groups is 2. The Bertz CT molecular complexity index is 623. The summed E-state index contributed by atoms with van der Waals surface area (Å²) in [6.45, 7) is -0.0365. The van der Waals surface area contributed by atoms with E-state index < -0.39 is 28.3 Å². The first kappa shape index (κ1) is 18.1. The van der Waals surface area contributed by atoms with Gasteiger partial charge in [0.2, 0.25) is 0 Å². The molecule has 1 aromatic rings. The van der Waals surface area contributed by atoms with E-state index in [4.69, 9.17) is 9.84 Å². The van der Waals surface area contributed by atoms with E-state index in [0.29, 0.717) is 11.1 Å². The number of hydrogen-bond donors (Lipinski definition) is 1. The Balaban J connectivity index is 2.87. The molecule has 0 aliphatic rings. The number of nitrogens with zero attached hydrogens (tertiary/aromatic N) is 1. The molecule has 22 heavy (non-hydrogen) atoms. The maximum absolute atomic E-state index is 12.3. The lowest BCUT2D eigenvalue weighted by Gasteiger charge is -2.20. The summed E-state index contributed by atoms with van der Waals surface area (Å²) in [5, 5.41) is 8.85. The van der Waals surface area contributed by atoms with Gasteiger partial charge in [-0.15, -0.1) is 0 Å². The molecule has 0 atom stereocenters. The van der Waals surface area contributed by atoms with Gasteiger partial charge in [0.05, 0.1) is 12.4 Å². The van der Waals surface area contributed by atoms with Gasteiger partial charge in [-0.1, -0.05) is 12.1 Å². The molecular formula is C14H19NO6S. The van der Waals surface area contributed by atoms with Crippen LogP contribution in [0.5, 0.6) is 0 Å². The van der Waals surface area contributed by atoms with Crippen molar-refractivity contribution in [3.8, 4) is 0 Å². The largest absolute Gasteiger partial charge is 0.480 e. The fourth-order valence-electron chi connectivity index (χ4n) is 1.85. The molecule has 0 aliphatic heterocycles. The lowest BCUT2D eigenvalue weighted by Crippen LogP contribution is -2.38. The summed E-state index contributed by atoms with van der Waals surface area (Å²) in [6, 6.07) is 6.07. The predicted octanol–water partition coefficient (Wildman–Crippen LogP) is 0.404. The highest BCUT2D eigenvalue weighted by Gasteiger charge is 2.18. The maximum Gasteiger partial charge on any atom is 0.323 e. The van der Waals surface area contributed by atoms with Crippen molar-refractivity contribution in [3.63, 3.8) is 0 Å². The molecule has 0 spiro atoms. The number of benzene rings is 1. The summed E-state index contributed by atoms with van der Waals surface area (Å²) in [7, 11) is -1.68. The fraction of sp³-hybridized carbons (Fsp3) is 0.429. The highest BCUT2D eigenvalue weighted by molar-refractivity contribution is 7.89. The van der Waals surface area contributed by atoms with Crippen LogP contribution in [0, 0.1) is 0 Å². The van der Waals surface area contributed by atoms with E-state index in [-0.39, 0.29) is 18.9 Å². The van der Waals surface area contributed by atoms with Gasteiger partial charge in [-0.3, -0.25) is 9.59 Å². The molecule has 122 valence electrons. The van der Waals surface area contributed by atoms with Crippen molar-refractivity contribution in [2.75, 3.05) is 33.1 Å². The second-order valence-corrected chi connectivity index (χ2v) is 7.02. The van der Waals surface area contributed by atoms with Crippen LogP contribution in [-0.4, -0.2) is 63.4 Å². The summed E-state index contributed by atoms with van der Waals surface area (Å²) < 4.78 is 27.3. The zero-order valence-electron chi connectivity index (χ0n) is 12.5. The van der Waals surface area contributed by atoms with E-state index in [9.17, 15) is 18.0 Å². The molecule has 0 radical (unpaired) electrons. The third kappa shape index (κ3) is 6.23. The Hall–Kier alpha value is -1.93. The molecule has 8 heteroatoms. The average Bonchev–Trinajstić information content (AvgIpc) is 2.41. The molecule has 1 rings (SSSR count). The quantitative estimate of drug-likeness (QED) is 0.741. The van der Waals surface area contributed by atoms with Crippen LogP contribution in [0.1, 0.15) is 15.9 Å². The normalized spacial score (nSPS) is 11.2. The third-order valence-corrected chi connectivity index (χ3v) is 3.67. The summed E-state index contributed by atoms with van der Waals surface area (Å²) in [5.74, 6) is -1.66. The molecule has 0 saturated heterocycles. The van der Waals surface area contributed by atoms with Crippen LogP contribution < -0.4 is 0 Å². The Morgan fingerprint density at radius 1 is 1.23 bits per heavy atom. The van der Waals surface area contributed by atoms with Gasteiger partial charge in [-0.05, 0) is 17.7 Å². The number of ether oxygens (including phenoxy) is 1. The van der Waals surface area contributed by atoms with Crippen LogP contribution in [0.2, 0.25) is 0 Å². The molecule has 0 unspecified atom stereocenters. The third-order valence-electron chi connectivity index (χ3n) is 2.81. The standard InChI is InChI=1S/C14H19NO6S/c1-21-8-7-15(9-13(16)17)14(18)12-5-3-11(4-6-12)10-22(2,19)20/h3-6H,7-10H2,1-2H3,(H,16,17). The van der Waals surface area contributed by atoms with Crippen LogP contribution in [-0.2, 0) is 25.1 Å². The summed E-state index contributed by atoms with van der Waals surface area (Å²) in [6.07, 6.45) is 1.13. The minimum atomic E-state index is -3.14. The molecule has 7 nitrogen and oxygen atoms in total. The molecule has 0 bridgehead atoms. The van der Waals surface area contributed by atoms with Gasteiger partial charge in [-0.25, -0.2) is 8.42 Å². The van der Waals surface area contributed by atoms with E-state index in [1.807, 2.05) is 0 Å². The number of rotatable bonds is 8. The lowest BCUT2D eigenvalue weighted by molar-refractivity contribution is -0.137. The highest BCUT2D eigenvalue weighted by atomic mass is 32.2. The smallest absolute Gasteiger partial charge is 0.323 e. The zero-order valence-corrected chi connectivity index (χ0v) is 13.3. The van der Waals surface area contributed by atoms with Crippen LogP contribution in [0.3, 0.4) is 0 Å². The number of carboxylic acids is 1. The van der Waals surface area contributed by atoms with Gasteiger partial charge in [-0.2, -0.15) is 0 Å². The first-order chi connectivity index (χ1) is 10.2. The highest BCUT2D eigenvalue weighted by Crippen LogP contribution is 2.10. The van der Waals surface area contributed by atoms with Crippen molar-refractivity contribution >= 4 is 21.7 Å². The molecule has 0 saturated carbocycles. The Labute approximate surface area is 129 Å². The molecule has 0 fully saturated rings. The van der Waals surface area contributed by atoms with E-state index in [2.05, 4.69) is 0 Å². The number of amides is 1. The van der Waals surface area contributed by atoms with E-state index in [1.165, 1.54) is 19.2 Å². The maximum atomic E-state index is 12.3. The number of sulfone groups is 1. The second kappa shape index (κ2) is 7.90. The molecule has 1 amide bonds. The van der Waals surface area contributed by atoms with Gasteiger partial charge in [0, 0.05) is 25.5 Å². The Morgan fingerprint density at radius 3 is 2.27 bits per heavy atom. The van der Waals surface area contributed by atoms with Gasteiger partial charge >= 0.3 is 5.97 Å². The molecule has 0 aliphatic carbocycles. The summed E-state index contributed by atoms with van der Waals surface area (Å²) in [4.78, 5) is 24.3. The summed E-state index contributed by atoms with van der Waals surface area (Å²) in [5.41, 5.74) is 0.871. The molecule has 0 aromatic heterocycles. The van der Waals surface area contributed by atoms with Gasteiger partial charge in [0.25, 0.3) is 5.91 Å². The topological polar surface area (TPSA) is 101 Å². The monoisotopic (exact) mass is 329 g/mol. The first-order valence-corrected chi connectivity index (χ1v) is 8.55. The number of hydrogen-bond acceptors (Lipinski definition) is 5. The molecular weight excluding hydrogens is 310 g/mol. The minimum Gasteiger partial charge on any atom is -0.480 e. The predicted molar refractivity (Wildman–Crippen MR) is 80.4 cm³/mol. The van der Waals surface area contributed by atoms with Crippen molar-refractivity contribution in [3.05, 3.63) is 35.4 Å². The van der Waals surface area contributed by atoms with Crippen molar-refractivity contribution in [2.24, 2.45) is 0 Å². The Kier molecular flexibility index (Phi) is 6.51. The average molecular weight is 329 g/mol. The number of methoxy groups -OCH3 is 1. The van der Waals surface area contributed by atoms with Gasteiger partial charge < -0.3 is 14.7 Å². The molecule has 1 aromatic carbocycles. The fourth-order valence-corrected chi connectivity index (χ4v) is 2.64. The van der Waals surface area contributed by atoms with Crippen molar-refractivity contribution < 1.29 is 27.9 Å². The minimum absolute atomic E-state index is 0.107. The first-order valence-electron chi connectivity index (χ1n) is 6.49. The zero-order chi connectivity index (χ0) is 16.8. The molecule has 0 heterocycles. The summed E-state index contributed by atoms with van der Waals surface area (Å²) >= 11 is 0. The van der Waals surface area contributed by atoms with E-state index in [0.717, 1.165) is 11.2 Å². The Morgan fingerprint density at radius 2 is 1.82 bits per heavy atom. The lowest BCUT2D eigenvalue weighted by atomic mass is 10.1. The van der Waals surface area contributed by atoms with Gasteiger partial charge in [0.15, 0.2) is 9.84 Å². The van der Waals surface area contributed by atoms with Crippen molar-refractivity contribution in [2.45, 2.75) is 5.75 Å². The van der Waals surface area contributed by atoms with Crippen molar-refractivity contribution in [1.29, 1.82) is 0 Å².